The standard InChI is InChI=1S/C32H50O5/c1-27(2)14-16-32(26(36)37-19-25(34)35)17-15-30(6)20(21(32)18-27)8-9-23-29(5)12-11-24(33)28(3,4)22(29)10-13-31(23,30)7/h8,21-24,33H,9-19H2,1-7H3,(H,34,35)/t21-,22-,23+,24-,29-,30+,31+,32-/m0/s1. The summed E-state index contributed by atoms with van der Waals surface area (Å²) in [6, 6.07) is 0. The van der Waals surface area contributed by atoms with Crippen molar-refractivity contribution >= 4 is 11.9 Å². The highest BCUT2D eigenvalue weighted by Gasteiger charge is 2.69. The Morgan fingerprint density at radius 2 is 1.59 bits per heavy atom. The van der Waals surface area contributed by atoms with E-state index in [1.807, 2.05) is 0 Å². The smallest absolute Gasteiger partial charge is 0.341 e. The highest BCUT2D eigenvalue weighted by molar-refractivity contribution is 5.81. The van der Waals surface area contributed by atoms with Gasteiger partial charge in [0.15, 0.2) is 6.61 Å². The molecule has 37 heavy (non-hydrogen) atoms. The molecule has 5 heteroatoms. The molecule has 4 fully saturated rings. The maximum absolute atomic E-state index is 13.6. The third-order valence-electron chi connectivity index (χ3n) is 13.3. The van der Waals surface area contributed by atoms with E-state index in [0.29, 0.717) is 11.8 Å². The number of carbonyl (C=O) groups excluding carboxylic acids is 1. The Bertz CT molecular complexity index is 1010. The zero-order chi connectivity index (χ0) is 27.2. The molecule has 5 nitrogen and oxygen atoms in total. The molecule has 0 spiro atoms. The lowest BCUT2D eigenvalue weighted by Crippen LogP contribution is -2.65. The molecule has 0 unspecified atom stereocenters. The van der Waals surface area contributed by atoms with Gasteiger partial charge in [0.2, 0.25) is 0 Å². The van der Waals surface area contributed by atoms with Crippen molar-refractivity contribution in [3.8, 4) is 0 Å². The lowest BCUT2D eigenvalue weighted by atomic mass is 9.33. The predicted octanol–water partition coefficient (Wildman–Crippen LogP) is 6.78. The normalized spacial score (nSPS) is 47.8. The maximum atomic E-state index is 13.6. The first-order valence-electron chi connectivity index (χ1n) is 14.8. The van der Waals surface area contributed by atoms with Crippen LogP contribution in [0.3, 0.4) is 0 Å². The number of allylic oxidation sites excluding steroid dienone is 2. The molecule has 0 aromatic carbocycles. The lowest BCUT2D eigenvalue weighted by molar-refractivity contribution is -0.206. The summed E-state index contributed by atoms with van der Waals surface area (Å²) < 4.78 is 5.45. The van der Waals surface area contributed by atoms with Gasteiger partial charge in [-0.2, -0.15) is 0 Å². The summed E-state index contributed by atoms with van der Waals surface area (Å²) in [5, 5.41) is 20.1. The highest BCUT2D eigenvalue weighted by atomic mass is 16.6. The lowest BCUT2D eigenvalue weighted by Gasteiger charge is -2.71. The molecule has 0 saturated heterocycles. The van der Waals surface area contributed by atoms with Gasteiger partial charge in [-0.05, 0) is 109 Å². The molecule has 0 bridgehead atoms. The molecule has 4 saturated carbocycles. The number of aliphatic carboxylic acids is 1. The molecule has 0 heterocycles. The minimum atomic E-state index is -1.09. The fourth-order valence-electron chi connectivity index (χ4n) is 10.9. The first-order valence-corrected chi connectivity index (χ1v) is 14.8. The Balaban J connectivity index is 1.56. The minimum absolute atomic E-state index is 0.0127. The molecule has 0 aromatic rings. The summed E-state index contributed by atoms with van der Waals surface area (Å²) in [7, 11) is 0. The number of hydrogen-bond donors (Lipinski definition) is 2. The molecular weight excluding hydrogens is 464 g/mol. The van der Waals surface area contributed by atoms with Crippen molar-refractivity contribution in [2.45, 2.75) is 119 Å². The zero-order valence-corrected chi connectivity index (χ0v) is 24.3. The Labute approximate surface area is 223 Å². The van der Waals surface area contributed by atoms with Crippen LogP contribution in [0, 0.1) is 50.2 Å². The third kappa shape index (κ3) is 3.64. The quantitative estimate of drug-likeness (QED) is 0.320. The molecule has 5 aliphatic carbocycles. The Morgan fingerprint density at radius 1 is 0.919 bits per heavy atom. The Morgan fingerprint density at radius 3 is 2.27 bits per heavy atom. The molecular formula is C32H50O5. The van der Waals surface area contributed by atoms with Gasteiger partial charge in [0.25, 0.3) is 0 Å². The van der Waals surface area contributed by atoms with Crippen molar-refractivity contribution in [1.82, 2.24) is 0 Å². The van der Waals surface area contributed by atoms with Gasteiger partial charge in [-0.25, -0.2) is 4.79 Å². The average molecular weight is 515 g/mol. The van der Waals surface area contributed by atoms with Crippen LogP contribution in [0.4, 0.5) is 0 Å². The number of rotatable bonds is 3. The van der Waals surface area contributed by atoms with Gasteiger partial charge in [0, 0.05) is 0 Å². The van der Waals surface area contributed by atoms with E-state index in [4.69, 9.17) is 4.74 Å². The van der Waals surface area contributed by atoms with Crippen LogP contribution in [-0.4, -0.2) is 34.9 Å². The monoisotopic (exact) mass is 514 g/mol. The molecule has 0 radical (unpaired) electrons. The van der Waals surface area contributed by atoms with Crippen LogP contribution in [0.2, 0.25) is 0 Å². The van der Waals surface area contributed by atoms with E-state index >= 15 is 0 Å². The molecule has 0 amide bonds. The van der Waals surface area contributed by atoms with E-state index < -0.39 is 18.0 Å². The largest absolute Gasteiger partial charge is 0.479 e. The second kappa shape index (κ2) is 8.32. The molecule has 2 N–H and O–H groups in total. The Kier molecular flexibility index (Phi) is 6.12. The number of aliphatic hydroxyl groups excluding tert-OH is 1. The topological polar surface area (TPSA) is 83.8 Å². The fourth-order valence-corrected chi connectivity index (χ4v) is 10.9. The van der Waals surface area contributed by atoms with Crippen LogP contribution in [0.25, 0.3) is 0 Å². The van der Waals surface area contributed by atoms with Crippen molar-refractivity contribution in [1.29, 1.82) is 0 Å². The molecule has 0 aromatic heterocycles. The number of ether oxygens (including phenoxy) is 1. The van der Waals surface area contributed by atoms with E-state index in [1.165, 1.54) is 5.57 Å². The molecule has 5 rings (SSSR count). The summed E-state index contributed by atoms with van der Waals surface area (Å²) in [6.45, 7) is 16.2. The molecule has 0 aliphatic heterocycles. The van der Waals surface area contributed by atoms with Crippen LogP contribution >= 0.6 is 0 Å². The molecule has 5 aliphatic rings. The number of carbonyl (C=O) groups is 2. The summed E-state index contributed by atoms with van der Waals surface area (Å²) in [5.74, 6) is -0.186. The van der Waals surface area contributed by atoms with Gasteiger partial charge >= 0.3 is 11.9 Å². The minimum Gasteiger partial charge on any atom is -0.479 e. The van der Waals surface area contributed by atoms with E-state index in [9.17, 15) is 19.8 Å². The van der Waals surface area contributed by atoms with E-state index in [0.717, 1.165) is 64.2 Å². The van der Waals surface area contributed by atoms with Crippen LogP contribution < -0.4 is 0 Å². The summed E-state index contributed by atoms with van der Waals surface area (Å²) in [4.78, 5) is 24.8. The van der Waals surface area contributed by atoms with Crippen molar-refractivity contribution < 1.29 is 24.5 Å². The van der Waals surface area contributed by atoms with Crippen LogP contribution in [-0.2, 0) is 14.3 Å². The van der Waals surface area contributed by atoms with Gasteiger partial charge < -0.3 is 14.9 Å². The number of carboxylic acid groups (broad SMARTS) is 1. The van der Waals surface area contributed by atoms with Crippen molar-refractivity contribution in [3.63, 3.8) is 0 Å². The van der Waals surface area contributed by atoms with Gasteiger partial charge in [0.1, 0.15) is 0 Å². The second-order valence-corrected chi connectivity index (χ2v) is 15.7. The number of esters is 1. The predicted molar refractivity (Wildman–Crippen MR) is 144 cm³/mol. The first kappa shape index (κ1) is 27.2. The van der Waals surface area contributed by atoms with Crippen molar-refractivity contribution in [2.75, 3.05) is 6.61 Å². The number of carboxylic acids is 1. The zero-order valence-electron chi connectivity index (χ0n) is 24.3. The summed E-state index contributed by atoms with van der Waals surface area (Å²) in [6.07, 6.45) is 12.1. The highest BCUT2D eigenvalue weighted by Crippen LogP contribution is 2.75. The third-order valence-corrected chi connectivity index (χ3v) is 13.3. The summed E-state index contributed by atoms with van der Waals surface area (Å²) in [5.41, 5.74) is 1.29. The van der Waals surface area contributed by atoms with Crippen LogP contribution in [0.5, 0.6) is 0 Å². The maximum Gasteiger partial charge on any atom is 0.341 e. The summed E-state index contributed by atoms with van der Waals surface area (Å²) >= 11 is 0. The van der Waals surface area contributed by atoms with Gasteiger partial charge in [-0.1, -0.05) is 60.1 Å². The fraction of sp³-hybridized carbons (Fsp3) is 0.875. The van der Waals surface area contributed by atoms with Crippen molar-refractivity contribution in [3.05, 3.63) is 11.6 Å². The number of hydrogen-bond acceptors (Lipinski definition) is 4. The average Bonchev–Trinajstić information content (AvgIpc) is 2.80. The number of aliphatic hydroxyl groups is 1. The Hall–Kier alpha value is -1.36. The van der Waals surface area contributed by atoms with Gasteiger partial charge in [0.05, 0.1) is 11.5 Å². The molecule has 208 valence electrons. The van der Waals surface area contributed by atoms with Gasteiger partial charge in [-0.3, -0.25) is 4.79 Å². The second-order valence-electron chi connectivity index (χ2n) is 15.7. The number of fused-ring (bicyclic) bond motifs is 7. The SMILES string of the molecule is CC1(C)CC[C@]2(C(=O)OCC(=O)O)CC[C@]3(C)C(=CC[C@@H]4[C@@]5(C)CC[C@H](O)C(C)(C)[C@@H]5CC[C@]43C)[C@@H]2C1. The first-order chi connectivity index (χ1) is 17.0. The van der Waals surface area contributed by atoms with E-state index in [1.54, 1.807) is 0 Å². The van der Waals surface area contributed by atoms with Crippen molar-refractivity contribution in [2.24, 2.45) is 50.2 Å². The van der Waals surface area contributed by atoms with Gasteiger partial charge in [-0.15, -0.1) is 0 Å². The van der Waals surface area contributed by atoms with Crippen LogP contribution in [0.15, 0.2) is 11.6 Å². The van der Waals surface area contributed by atoms with E-state index in [-0.39, 0.29) is 45.1 Å². The van der Waals surface area contributed by atoms with E-state index in [2.05, 4.69) is 54.5 Å². The molecule has 8 atom stereocenters. The van der Waals surface area contributed by atoms with Crippen LogP contribution in [0.1, 0.15) is 113 Å².